The summed E-state index contributed by atoms with van der Waals surface area (Å²) >= 11 is 11.7. The minimum atomic E-state index is -0.0564. The van der Waals surface area contributed by atoms with Gasteiger partial charge in [-0.25, -0.2) is 0 Å². The predicted molar refractivity (Wildman–Crippen MR) is 120 cm³/mol. The molecule has 7 heteroatoms. The second kappa shape index (κ2) is 9.87. The van der Waals surface area contributed by atoms with E-state index in [4.69, 9.17) is 23.8 Å². The van der Waals surface area contributed by atoms with E-state index in [-0.39, 0.29) is 5.91 Å². The van der Waals surface area contributed by atoms with Gasteiger partial charge in [-0.3, -0.25) is 9.69 Å². The van der Waals surface area contributed by atoms with Crippen molar-refractivity contribution in [2.45, 2.75) is 13.3 Å². The Hall–Kier alpha value is -2.15. The molecular weight excluding hydrogens is 392 g/mol. The highest BCUT2D eigenvalue weighted by Crippen LogP contribution is 2.20. The molecule has 1 heterocycles. The molecule has 1 aliphatic heterocycles. The van der Waals surface area contributed by atoms with Gasteiger partial charge in [0.05, 0.1) is 17.3 Å². The van der Waals surface area contributed by atoms with Crippen molar-refractivity contribution < 1.29 is 4.79 Å². The van der Waals surface area contributed by atoms with E-state index in [1.54, 1.807) is 12.1 Å². The van der Waals surface area contributed by atoms with Gasteiger partial charge in [-0.1, -0.05) is 48.9 Å². The van der Waals surface area contributed by atoms with Crippen LogP contribution in [0.4, 0.5) is 11.4 Å². The number of hydrogen-bond acceptors (Lipinski definition) is 3. The molecule has 3 rings (SSSR count). The average Bonchev–Trinajstić information content (AvgIpc) is 2.70. The normalized spacial score (nSPS) is 14.6. The van der Waals surface area contributed by atoms with Crippen LogP contribution in [0.25, 0.3) is 0 Å². The Bertz CT molecular complexity index is 837. The summed E-state index contributed by atoms with van der Waals surface area (Å²) in [5, 5.41) is 7.53. The van der Waals surface area contributed by atoms with E-state index in [9.17, 15) is 4.79 Å². The van der Waals surface area contributed by atoms with Crippen molar-refractivity contribution in [3.8, 4) is 0 Å². The van der Waals surface area contributed by atoms with Crippen LogP contribution < -0.4 is 10.6 Å². The lowest BCUT2D eigenvalue weighted by molar-refractivity contribution is -0.117. The Balaban J connectivity index is 1.47. The lowest BCUT2D eigenvalue weighted by atomic mass is 10.1. The number of benzene rings is 2. The molecule has 1 fully saturated rings. The average molecular weight is 417 g/mol. The molecule has 0 aliphatic carbocycles. The smallest absolute Gasteiger partial charge is 0.238 e. The van der Waals surface area contributed by atoms with Crippen molar-refractivity contribution in [1.29, 1.82) is 0 Å². The van der Waals surface area contributed by atoms with Crippen molar-refractivity contribution in [3.05, 3.63) is 59.1 Å². The van der Waals surface area contributed by atoms with Crippen LogP contribution in [0.15, 0.2) is 48.5 Å². The third-order valence-corrected chi connectivity index (χ3v) is 5.50. The van der Waals surface area contributed by atoms with Crippen LogP contribution in [0, 0.1) is 0 Å². The van der Waals surface area contributed by atoms with E-state index in [2.05, 4.69) is 39.5 Å². The van der Waals surface area contributed by atoms with Gasteiger partial charge in [-0.2, -0.15) is 0 Å². The standard InChI is InChI=1S/C21H25ClN4OS/c1-2-16-7-3-5-9-18(16)24-21(28)26-13-11-25(12-14-26)15-20(27)23-19-10-6-4-8-17(19)22/h3-10H,2,11-15H2,1H3,(H,23,27)(H,24,28). The molecule has 0 spiro atoms. The highest BCUT2D eigenvalue weighted by atomic mass is 35.5. The van der Waals surface area contributed by atoms with Gasteiger partial charge in [0.15, 0.2) is 5.11 Å². The van der Waals surface area contributed by atoms with Gasteiger partial charge in [0.1, 0.15) is 0 Å². The van der Waals surface area contributed by atoms with Gasteiger partial charge in [-0.05, 0) is 42.4 Å². The Morgan fingerprint density at radius 3 is 2.32 bits per heavy atom. The maximum atomic E-state index is 12.3. The molecule has 0 atom stereocenters. The van der Waals surface area contributed by atoms with E-state index in [1.165, 1.54) is 5.56 Å². The molecule has 2 aromatic carbocycles. The predicted octanol–water partition coefficient (Wildman–Crippen LogP) is 3.86. The highest BCUT2D eigenvalue weighted by molar-refractivity contribution is 7.80. The van der Waals surface area contributed by atoms with Crippen molar-refractivity contribution >= 4 is 46.2 Å². The Kier molecular flexibility index (Phi) is 7.25. The molecule has 0 aromatic heterocycles. The first-order valence-electron chi connectivity index (χ1n) is 9.47. The van der Waals surface area contributed by atoms with Gasteiger partial charge in [0.2, 0.25) is 5.91 Å². The summed E-state index contributed by atoms with van der Waals surface area (Å²) in [6, 6.07) is 15.5. The summed E-state index contributed by atoms with van der Waals surface area (Å²) in [6.07, 6.45) is 0.958. The van der Waals surface area contributed by atoms with E-state index in [0.29, 0.717) is 17.3 Å². The molecular formula is C21H25ClN4OS. The van der Waals surface area contributed by atoms with Crippen LogP contribution in [0.5, 0.6) is 0 Å². The monoisotopic (exact) mass is 416 g/mol. The summed E-state index contributed by atoms with van der Waals surface area (Å²) in [4.78, 5) is 16.6. The molecule has 0 bridgehead atoms. The Morgan fingerprint density at radius 2 is 1.64 bits per heavy atom. The van der Waals surface area contributed by atoms with Crippen LogP contribution in [-0.4, -0.2) is 53.5 Å². The topological polar surface area (TPSA) is 47.6 Å². The quantitative estimate of drug-likeness (QED) is 0.725. The van der Waals surface area contributed by atoms with Crippen LogP contribution in [0.2, 0.25) is 5.02 Å². The number of hydrogen-bond donors (Lipinski definition) is 2. The molecule has 28 heavy (non-hydrogen) atoms. The minimum absolute atomic E-state index is 0.0564. The van der Waals surface area contributed by atoms with Crippen LogP contribution >= 0.6 is 23.8 Å². The highest BCUT2D eigenvalue weighted by Gasteiger charge is 2.21. The number of carbonyl (C=O) groups excluding carboxylic acids is 1. The van der Waals surface area contributed by atoms with Crippen LogP contribution in [0.1, 0.15) is 12.5 Å². The lowest BCUT2D eigenvalue weighted by Crippen LogP contribution is -2.51. The molecule has 148 valence electrons. The number of halogens is 1. The van der Waals surface area contributed by atoms with E-state index >= 15 is 0 Å². The number of rotatable bonds is 5. The second-order valence-corrected chi connectivity index (χ2v) is 7.53. The van der Waals surface area contributed by atoms with Gasteiger partial charge in [-0.15, -0.1) is 0 Å². The summed E-state index contributed by atoms with van der Waals surface area (Å²) < 4.78 is 0. The minimum Gasteiger partial charge on any atom is -0.346 e. The number of thiocarbonyl (C=S) groups is 1. The van der Waals surface area contributed by atoms with Gasteiger partial charge in [0, 0.05) is 31.9 Å². The molecule has 2 N–H and O–H groups in total. The zero-order chi connectivity index (χ0) is 19.9. The first-order chi connectivity index (χ1) is 13.6. The van der Waals surface area contributed by atoms with E-state index < -0.39 is 0 Å². The molecule has 1 saturated heterocycles. The van der Waals surface area contributed by atoms with Crippen molar-refractivity contribution in [2.24, 2.45) is 0 Å². The van der Waals surface area contributed by atoms with Crippen molar-refractivity contribution in [3.63, 3.8) is 0 Å². The summed E-state index contributed by atoms with van der Waals surface area (Å²) in [5.74, 6) is -0.0564. The SMILES string of the molecule is CCc1ccccc1NC(=S)N1CCN(CC(=O)Nc2ccccc2Cl)CC1. The molecule has 0 radical (unpaired) electrons. The maximum absolute atomic E-state index is 12.3. The molecule has 5 nitrogen and oxygen atoms in total. The molecule has 0 saturated carbocycles. The van der Waals surface area contributed by atoms with Crippen LogP contribution in [0.3, 0.4) is 0 Å². The number of carbonyl (C=O) groups is 1. The number of nitrogens with zero attached hydrogens (tertiary/aromatic N) is 2. The number of piperazine rings is 1. The number of aryl methyl sites for hydroxylation is 1. The Labute approximate surface area is 176 Å². The number of amides is 1. The molecule has 1 amide bonds. The van der Waals surface area contributed by atoms with Gasteiger partial charge in [0.25, 0.3) is 0 Å². The molecule has 1 aliphatic rings. The molecule has 2 aromatic rings. The summed E-state index contributed by atoms with van der Waals surface area (Å²) in [7, 11) is 0. The number of anilines is 2. The fourth-order valence-electron chi connectivity index (χ4n) is 3.21. The largest absolute Gasteiger partial charge is 0.346 e. The molecule has 0 unspecified atom stereocenters. The second-order valence-electron chi connectivity index (χ2n) is 6.73. The van der Waals surface area contributed by atoms with Crippen LogP contribution in [-0.2, 0) is 11.2 Å². The lowest BCUT2D eigenvalue weighted by Gasteiger charge is -2.36. The fourth-order valence-corrected chi connectivity index (χ4v) is 3.68. The van der Waals surface area contributed by atoms with Crippen molar-refractivity contribution in [2.75, 3.05) is 43.4 Å². The zero-order valence-electron chi connectivity index (χ0n) is 16.0. The van der Waals surface area contributed by atoms with Gasteiger partial charge >= 0.3 is 0 Å². The third kappa shape index (κ3) is 5.44. The zero-order valence-corrected chi connectivity index (χ0v) is 17.5. The summed E-state index contributed by atoms with van der Waals surface area (Å²) in [5.41, 5.74) is 2.96. The Morgan fingerprint density at radius 1 is 1.00 bits per heavy atom. The third-order valence-electron chi connectivity index (χ3n) is 4.81. The first-order valence-corrected chi connectivity index (χ1v) is 10.3. The summed E-state index contributed by atoms with van der Waals surface area (Å²) in [6.45, 7) is 5.63. The number of nitrogens with one attached hydrogen (secondary N) is 2. The first kappa shape index (κ1) is 20.6. The number of para-hydroxylation sites is 2. The van der Waals surface area contributed by atoms with Gasteiger partial charge < -0.3 is 15.5 Å². The van der Waals surface area contributed by atoms with E-state index in [1.807, 2.05) is 24.3 Å². The fraction of sp³-hybridized carbons (Fsp3) is 0.333. The van der Waals surface area contributed by atoms with Crippen molar-refractivity contribution in [1.82, 2.24) is 9.80 Å². The maximum Gasteiger partial charge on any atom is 0.238 e. The van der Waals surface area contributed by atoms with E-state index in [0.717, 1.165) is 43.4 Å².